The van der Waals surface area contributed by atoms with Gasteiger partial charge in [0.05, 0.1) is 24.1 Å². The van der Waals surface area contributed by atoms with E-state index in [1.165, 1.54) is 0 Å². The van der Waals surface area contributed by atoms with Crippen LogP contribution in [-0.2, 0) is 4.79 Å². The quantitative estimate of drug-likeness (QED) is 0.880. The normalized spacial score (nSPS) is 17.7. The van der Waals surface area contributed by atoms with E-state index < -0.39 is 0 Å². The number of likely N-dealkylation sites (N-methyl/N-ethyl adjacent to an activating group) is 1. The van der Waals surface area contributed by atoms with Gasteiger partial charge < -0.3 is 15.1 Å². The number of rotatable bonds is 4. The molecule has 2 rings (SSSR count). The zero-order valence-corrected chi connectivity index (χ0v) is 11.9. The first-order chi connectivity index (χ1) is 9.11. The maximum Gasteiger partial charge on any atom is 0.241 e. The molecular formula is C14H22N4O. The molecule has 5 heteroatoms. The van der Waals surface area contributed by atoms with Gasteiger partial charge in [0.25, 0.3) is 0 Å². The van der Waals surface area contributed by atoms with E-state index in [-0.39, 0.29) is 11.9 Å². The largest absolute Gasteiger partial charge is 0.359 e. The molecule has 0 aliphatic carbocycles. The summed E-state index contributed by atoms with van der Waals surface area (Å²) in [5.41, 5.74) is 2.06. The molecule has 0 radical (unpaired) electrons. The molecule has 0 saturated carbocycles. The number of aromatic nitrogens is 1. The maximum atomic E-state index is 11.7. The zero-order valence-electron chi connectivity index (χ0n) is 11.9. The number of pyridine rings is 1. The van der Waals surface area contributed by atoms with Crippen molar-refractivity contribution in [1.82, 2.24) is 15.2 Å². The third kappa shape index (κ3) is 3.23. The Hall–Kier alpha value is -1.62. The molecule has 1 saturated heterocycles. The highest BCUT2D eigenvalue weighted by molar-refractivity contribution is 5.82. The Kier molecular flexibility index (Phi) is 4.37. The number of carbonyl (C=O) groups excluding carboxylic acids is 1. The van der Waals surface area contributed by atoms with E-state index in [0.717, 1.165) is 31.0 Å². The van der Waals surface area contributed by atoms with E-state index in [0.29, 0.717) is 6.54 Å². The first kappa shape index (κ1) is 13.8. The third-order valence-corrected chi connectivity index (χ3v) is 3.55. The highest BCUT2D eigenvalue weighted by Gasteiger charge is 2.21. The fourth-order valence-electron chi connectivity index (χ4n) is 2.23. The number of hydrogen-bond donors (Lipinski definition) is 1. The molecule has 1 aliphatic heterocycles. The summed E-state index contributed by atoms with van der Waals surface area (Å²) in [6, 6.07) is 4.34. The lowest BCUT2D eigenvalue weighted by Gasteiger charge is -2.33. The fourth-order valence-corrected chi connectivity index (χ4v) is 2.23. The predicted molar refractivity (Wildman–Crippen MR) is 76.2 cm³/mol. The van der Waals surface area contributed by atoms with Gasteiger partial charge in [-0.25, -0.2) is 0 Å². The minimum Gasteiger partial charge on any atom is -0.359 e. The number of anilines is 1. The molecule has 1 fully saturated rings. The highest BCUT2D eigenvalue weighted by Crippen LogP contribution is 2.18. The second-order valence-electron chi connectivity index (χ2n) is 4.96. The van der Waals surface area contributed by atoms with Crippen molar-refractivity contribution in [3.63, 3.8) is 0 Å². The molecule has 104 valence electrons. The summed E-state index contributed by atoms with van der Waals surface area (Å²) in [6.07, 6.45) is 1.86. The van der Waals surface area contributed by atoms with Crippen LogP contribution in [0.3, 0.4) is 0 Å². The lowest BCUT2D eigenvalue weighted by atomic mass is 10.2. The van der Waals surface area contributed by atoms with Gasteiger partial charge in [0.15, 0.2) is 0 Å². The number of nitrogens with zero attached hydrogens (tertiary/aromatic N) is 3. The first-order valence-corrected chi connectivity index (χ1v) is 6.80. The summed E-state index contributed by atoms with van der Waals surface area (Å²) >= 11 is 0. The van der Waals surface area contributed by atoms with E-state index in [4.69, 9.17) is 0 Å². The van der Waals surface area contributed by atoms with Gasteiger partial charge in [-0.3, -0.25) is 9.78 Å². The van der Waals surface area contributed by atoms with Crippen molar-refractivity contribution in [2.45, 2.75) is 19.9 Å². The monoisotopic (exact) mass is 262 g/mol. The van der Waals surface area contributed by atoms with Gasteiger partial charge in [-0.15, -0.1) is 0 Å². The fraction of sp³-hybridized carbons (Fsp3) is 0.571. The Morgan fingerprint density at radius 1 is 1.42 bits per heavy atom. The molecule has 0 bridgehead atoms. The van der Waals surface area contributed by atoms with Gasteiger partial charge in [-0.1, -0.05) is 6.92 Å². The van der Waals surface area contributed by atoms with Crippen LogP contribution in [0, 0.1) is 0 Å². The summed E-state index contributed by atoms with van der Waals surface area (Å²) in [5, 5.41) is 3.34. The average Bonchev–Trinajstić information content (AvgIpc) is 2.42. The van der Waals surface area contributed by atoms with Crippen LogP contribution in [0.4, 0.5) is 5.69 Å². The van der Waals surface area contributed by atoms with Gasteiger partial charge in [0, 0.05) is 26.2 Å². The van der Waals surface area contributed by atoms with Crippen LogP contribution in [0.1, 0.15) is 25.6 Å². The Morgan fingerprint density at radius 2 is 2.21 bits per heavy atom. The van der Waals surface area contributed by atoms with Crippen molar-refractivity contribution in [2.75, 3.05) is 38.1 Å². The van der Waals surface area contributed by atoms with Crippen molar-refractivity contribution in [3.05, 3.63) is 24.0 Å². The molecule has 0 aromatic carbocycles. The van der Waals surface area contributed by atoms with Crippen LogP contribution in [0.15, 0.2) is 18.3 Å². The minimum atomic E-state index is 0.163. The van der Waals surface area contributed by atoms with Crippen LogP contribution in [0.2, 0.25) is 0 Å². The summed E-state index contributed by atoms with van der Waals surface area (Å²) in [7, 11) is 1.85. The number of piperazine rings is 1. The number of nitrogens with one attached hydrogen (secondary N) is 1. The molecule has 1 aromatic rings. The highest BCUT2D eigenvalue weighted by atomic mass is 16.2. The first-order valence-electron chi connectivity index (χ1n) is 6.80. The molecular weight excluding hydrogens is 240 g/mol. The lowest BCUT2D eigenvalue weighted by molar-refractivity contribution is -0.129. The van der Waals surface area contributed by atoms with Gasteiger partial charge in [0.2, 0.25) is 5.91 Å². The molecule has 19 heavy (non-hydrogen) atoms. The Bertz CT molecular complexity index is 432. The van der Waals surface area contributed by atoms with Crippen molar-refractivity contribution in [2.24, 2.45) is 0 Å². The molecule has 1 unspecified atom stereocenters. The Morgan fingerprint density at radius 3 is 2.79 bits per heavy atom. The van der Waals surface area contributed by atoms with Crippen LogP contribution in [-0.4, -0.2) is 49.0 Å². The predicted octanol–water partition coefficient (Wildman–Crippen LogP) is 1.03. The Labute approximate surface area is 114 Å². The summed E-state index contributed by atoms with van der Waals surface area (Å²) in [6.45, 7) is 7.20. The molecule has 0 spiro atoms. The zero-order chi connectivity index (χ0) is 13.8. The van der Waals surface area contributed by atoms with Gasteiger partial charge >= 0.3 is 0 Å². The van der Waals surface area contributed by atoms with Crippen molar-refractivity contribution in [1.29, 1.82) is 0 Å². The van der Waals surface area contributed by atoms with Gasteiger partial charge in [-0.2, -0.15) is 0 Å². The van der Waals surface area contributed by atoms with Gasteiger partial charge in [-0.05, 0) is 25.6 Å². The smallest absolute Gasteiger partial charge is 0.241 e. The van der Waals surface area contributed by atoms with Crippen molar-refractivity contribution >= 4 is 11.6 Å². The molecule has 1 amide bonds. The van der Waals surface area contributed by atoms with E-state index in [2.05, 4.69) is 35.1 Å². The molecule has 2 heterocycles. The van der Waals surface area contributed by atoms with Crippen LogP contribution in [0.25, 0.3) is 0 Å². The second-order valence-corrected chi connectivity index (χ2v) is 4.96. The van der Waals surface area contributed by atoms with Gasteiger partial charge in [0.1, 0.15) is 0 Å². The molecule has 1 aromatic heterocycles. The number of hydrogen-bond acceptors (Lipinski definition) is 4. The minimum absolute atomic E-state index is 0.163. The second kappa shape index (κ2) is 6.02. The van der Waals surface area contributed by atoms with Crippen molar-refractivity contribution < 1.29 is 4.79 Å². The maximum absolute atomic E-state index is 11.7. The third-order valence-electron chi connectivity index (χ3n) is 3.55. The number of carbonyl (C=O) groups is 1. The van der Waals surface area contributed by atoms with E-state index in [9.17, 15) is 4.79 Å². The molecule has 1 aliphatic rings. The summed E-state index contributed by atoms with van der Waals surface area (Å²) < 4.78 is 0. The van der Waals surface area contributed by atoms with E-state index >= 15 is 0 Å². The molecule has 1 N–H and O–H groups in total. The van der Waals surface area contributed by atoms with E-state index in [1.54, 1.807) is 4.90 Å². The van der Waals surface area contributed by atoms with Crippen molar-refractivity contribution in [3.8, 4) is 0 Å². The summed E-state index contributed by atoms with van der Waals surface area (Å²) in [5.74, 6) is 0.163. The van der Waals surface area contributed by atoms with Crippen LogP contribution in [0.5, 0.6) is 0 Å². The average molecular weight is 262 g/mol. The van der Waals surface area contributed by atoms with Crippen LogP contribution < -0.4 is 10.2 Å². The summed E-state index contributed by atoms with van der Waals surface area (Å²) in [4.78, 5) is 20.0. The Balaban J connectivity index is 2.04. The lowest BCUT2D eigenvalue weighted by Crippen LogP contribution is -2.48. The number of amides is 1. The SMILES string of the molecule is CCNC(C)c1ccc(N2CCN(C)C(=O)C2)cn1. The topological polar surface area (TPSA) is 48.5 Å². The van der Waals surface area contributed by atoms with E-state index in [1.807, 2.05) is 19.3 Å². The van der Waals surface area contributed by atoms with Crippen LogP contribution >= 0.6 is 0 Å². The standard InChI is InChI=1S/C14H22N4O/c1-4-15-11(2)13-6-5-12(9-16-13)18-8-7-17(3)14(19)10-18/h5-6,9,11,15H,4,7-8,10H2,1-3H3. The molecule has 5 nitrogen and oxygen atoms in total. The molecule has 1 atom stereocenters.